The molecule has 0 bridgehead atoms. The fraction of sp³-hybridized carbons (Fsp3) is 0.917. The van der Waals surface area contributed by atoms with Gasteiger partial charge in [-0.1, -0.05) is 0 Å². The summed E-state index contributed by atoms with van der Waals surface area (Å²) in [5, 5.41) is 9.66. The minimum atomic E-state index is -0.216. The van der Waals surface area contributed by atoms with Crippen LogP contribution in [0.25, 0.3) is 0 Å². The van der Waals surface area contributed by atoms with Gasteiger partial charge in [-0.05, 0) is 88.6 Å². The molecule has 1 N–H and O–H groups in total. The summed E-state index contributed by atoms with van der Waals surface area (Å²) in [5.41, 5.74) is 0.504. The van der Waals surface area contributed by atoms with E-state index in [1.165, 1.54) is 45.1 Å². The van der Waals surface area contributed by atoms with Crippen LogP contribution in [0.4, 0.5) is 0 Å². The first-order valence-corrected chi connectivity index (χ1v) is 12.4. The molecule has 1 spiro atoms. The number of aliphatic hydroxyl groups is 1. The van der Waals surface area contributed by atoms with Crippen LogP contribution in [-0.2, 0) is 9.59 Å². The van der Waals surface area contributed by atoms with Crippen molar-refractivity contribution < 1.29 is 14.7 Å². The van der Waals surface area contributed by atoms with E-state index >= 15 is 0 Å². The molecule has 4 fully saturated rings. The number of rotatable bonds is 3. The monoisotopic (exact) mass is 419 g/mol. The number of amides is 2. The average Bonchev–Trinajstić information content (AvgIpc) is 2.76. The molecule has 3 heterocycles. The molecule has 30 heavy (non-hydrogen) atoms. The molecular weight excluding hydrogens is 378 g/mol. The van der Waals surface area contributed by atoms with Gasteiger partial charge < -0.3 is 19.8 Å². The van der Waals surface area contributed by atoms with E-state index in [-0.39, 0.29) is 17.9 Å². The van der Waals surface area contributed by atoms with E-state index in [4.69, 9.17) is 0 Å². The maximum atomic E-state index is 12.8. The minimum Gasteiger partial charge on any atom is -0.393 e. The quantitative estimate of drug-likeness (QED) is 0.763. The highest BCUT2D eigenvalue weighted by Crippen LogP contribution is 2.46. The molecule has 6 nitrogen and oxygen atoms in total. The lowest BCUT2D eigenvalue weighted by molar-refractivity contribution is -0.139. The van der Waals surface area contributed by atoms with Gasteiger partial charge in [-0.25, -0.2) is 0 Å². The smallest absolute Gasteiger partial charge is 0.225 e. The fourth-order valence-corrected chi connectivity index (χ4v) is 6.34. The lowest BCUT2D eigenvalue weighted by Crippen LogP contribution is -2.47. The maximum absolute atomic E-state index is 12.8. The van der Waals surface area contributed by atoms with E-state index in [1.807, 2.05) is 9.80 Å². The van der Waals surface area contributed by atoms with Gasteiger partial charge in [0.15, 0.2) is 0 Å². The first-order valence-electron chi connectivity index (χ1n) is 12.4. The van der Waals surface area contributed by atoms with Crippen LogP contribution in [0, 0.1) is 17.3 Å². The number of hydrogen-bond acceptors (Lipinski definition) is 4. The molecule has 2 amide bonds. The highest BCUT2D eigenvalue weighted by molar-refractivity contribution is 5.79. The Balaban J connectivity index is 1.16. The topological polar surface area (TPSA) is 64.1 Å². The Morgan fingerprint density at radius 3 is 1.97 bits per heavy atom. The van der Waals surface area contributed by atoms with Gasteiger partial charge in [-0.3, -0.25) is 9.59 Å². The van der Waals surface area contributed by atoms with Crippen LogP contribution in [0.5, 0.6) is 0 Å². The molecule has 0 aromatic carbocycles. The third-order valence-electron chi connectivity index (χ3n) is 8.66. The molecule has 3 saturated heterocycles. The molecule has 0 unspecified atom stereocenters. The SMILES string of the molecule is CC(=O)N1CCC2(CCC(CN3CCC(C(=O)N4CCC(O)CC4)CC3)CC2)CC1. The van der Waals surface area contributed by atoms with Crippen molar-refractivity contribution in [2.75, 3.05) is 45.8 Å². The summed E-state index contributed by atoms with van der Waals surface area (Å²) in [5.74, 6) is 1.56. The number of carbonyl (C=O) groups excluding carboxylic acids is 2. The first-order chi connectivity index (χ1) is 14.4. The van der Waals surface area contributed by atoms with Gasteiger partial charge in [-0.2, -0.15) is 0 Å². The van der Waals surface area contributed by atoms with Gasteiger partial charge in [-0.15, -0.1) is 0 Å². The molecular formula is C24H41N3O3. The lowest BCUT2D eigenvalue weighted by Gasteiger charge is -2.46. The van der Waals surface area contributed by atoms with Crippen LogP contribution in [0.15, 0.2) is 0 Å². The molecule has 0 aromatic rings. The Morgan fingerprint density at radius 2 is 1.40 bits per heavy atom. The predicted octanol–water partition coefficient (Wildman–Crippen LogP) is 2.50. The molecule has 1 saturated carbocycles. The summed E-state index contributed by atoms with van der Waals surface area (Å²) in [4.78, 5) is 31.0. The second-order valence-electron chi connectivity index (χ2n) is 10.6. The van der Waals surface area contributed by atoms with Crippen molar-refractivity contribution in [2.45, 2.75) is 77.2 Å². The summed E-state index contributed by atoms with van der Waals surface area (Å²) in [6.07, 6.45) is 11.0. The highest BCUT2D eigenvalue weighted by atomic mass is 16.3. The molecule has 170 valence electrons. The van der Waals surface area contributed by atoms with Crippen LogP contribution in [0.3, 0.4) is 0 Å². The second kappa shape index (κ2) is 9.56. The number of nitrogens with zero attached hydrogens (tertiary/aromatic N) is 3. The van der Waals surface area contributed by atoms with E-state index in [9.17, 15) is 14.7 Å². The van der Waals surface area contributed by atoms with Crippen molar-refractivity contribution in [3.05, 3.63) is 0 Å². The van der Waals surface area contributed by atoms with Crippen molar-refractivity contribution >= 4 is 11.8 Å². The van der Waals surface area contributed by atoms with Crippen molar-refractivity contribution in [3.63, 3.8) is 0 Å². The van der Waals surface area contributed by atoms with Gasteiger partial charge in [0.2, 0.25) is 11.8 Å². The zero-order valence-corrected chi connectivity index (χ0v) is 18.9. The Kier molecular flexibility index (Phi) is 7.03. The van der Waals surface area contributed by atoms with E-state index in [2.05, 4.69) is 4.90 Å². The van der Waals surface area contributed by atoms with Gasteiger partial charge >= 0.3 is 0 Å². The van der Waals surface area contributed by atoms with Gasteiger partial charge in [0.05, 0.1) is 6.10 Å². The summed E-state index contributed by atoms with van der Waals surface area (Å²) >= 11 is 0. The predicted molar refractivity (Wildman–Crippen MR) is 117 cm³/mol. The minimum absolute atomic E-state index is 0.192. The molecule has 3 aliphatic heterocycles. The molecule has 0 atom stereocenters. The van der Waals surface area contributed by atoms with Crippen molar-refractivity contribution in [1.82, 2.24) is 14.7 Å². The van der Waals surface area contributed by atoms with E-state index in [0.717, 1.165) is 70.9 Å². The number of aliphatic hydroxyl groups excluding tert-OH is 1. The summed E-state index contributed by atoms with van der Waals surface area (Å²) in [7, 11) is 0. The second-order valence-corrected chi connectivity index (χ2v) is 10.6. The largest absolute Gasteiger partial charge is 0.393 e. The van der Waals surface area contributed by atoms with Crippen molar-refractivity contribution in [2.24, 2.45) is 17.3 Å². The lowest BCUT2D eigenvalue weighted by atomic mass is 9.65. The normalized spacial score (nSPS) is 27.5. The highest BCUT2D eigenvalue weighted by Gasteiger charge is 2.39. The number of hydrogen-bond donors (Lipinski definition) is 1. The Labute approximate surface area is 182 Å². The summed E-state index contributed by atoms with van der Waals surface area (Å²) in [6.45, 7) is 8.39. The van der Waals surface area contributed by atoms with Crippen LogP contribution >= 0.6 is 0 Å². The third kappa shape index (κ3) is 5.18. The van der Waals surface area contributed by atoms with E-state index < -0.39 is 0 Å². The van der Waals surface area contributed by atoms with Crippen molar-refractivity contribution in [1.29, 1.82) is 0 Å². The van der Waals surface area contributed by atoms with Crippen LogP contribution in [0.2, 0.25) is 0 Å². The molecule has 4 rings (SSSR count). The molecule has 1 aliphatic carbocycles. The zero-order chi connectivity index (χ0) is 21.1. The maximum Gasteiger partial charge on any atom is 0.225 e. The van der Waals surface area contributed by atoms with Gasteiger partial charge in [0.1, 0.15) is 0 Å². The molecule has 4 aliphatic rings. The standard InChI is InChI=1S/C24H41N3O3/c1-19(28)26-16-10-24(11-17-26)8-2-20(3-9-24)18-25-12-4-21(5-13-25)23(30)27-14-6-22(29)7-15-27/h20-22,29H,2-18H2,1H3. The summed E-state index contributed by atoms with van der Waals surface area (Å²) in [6, 6.07) is 0. The Hall–Kier alpha value is -1.14. The van der Waals surface area contributed by atoms with Crippen LogP contribution in [0.1, 0.15) is 71.1 Å². The van der Waals surface area contributed by atoms with E-state index in [1.54, 1.807) is 6.92 Å². The first kappa shape index (κ1) is 22.1. The zero-order valence-electron chi connectivity index (χ0n) is 18.9. The molecule has 6 heteroatoms. The average molecular weight is 420 g/mol. The fourth-order valence-electron chi connectivity index (χ4n) is 6.34. The van der Waals surface area contributed by atoms with Crippen LogP contribution < -0.4 is 0 Å². The Morgan fingerprint density at radius 1 is 0.800 bits per heavy atom. The van der Waals surface area contributed by atoms with Crippen LogP contribution in [-0.4, -0.2) is 83.5 Å². The van der Waals surface area contributed by atoms with Crippen molar-refractivity contribution in [3.8, 4) is 0 Å². The molecule has 0 radical (unpaired) electrons. The van der Waals surface area contributed by atoms with Gasteiger partial charge in [0.25, 0.3) is 0 Å². The van der Waals surface area contributed by atoms with E-state index in [0.29, 0.717) is 11.3 Å². The number of likely N-dealkylation sites (tertiary alicyclic amines) is 3. The molecule has 0 aromatic heterocycles. The third-order valence-corrected chi connectivity index (χ3v) is 8.66. The van der Waals surface area contributed by atoms with Gasteiger partial charge in [0, 0.05) is 45.6 Å². The number of piperidine rings is 3. The summed E-state index contributed by atoms with van der Waals surface area (Å²) < 4.78 is 0. The Bertz CT molecular complexity index is 591. The number of carbonyl (C=O) groups is 2.